The van der Waals surface area contributed by atoms with Gasteiger partial charge in [0.2, 0.25) is 0 Å². The molecule has 0 radical (unpaired) electrons. The summed E-state index contributed by atoms with van der Waals surface area (Å²) in [6.07, 6.45) is -4.28. The van der Waals surface area contributed by atoms with Gasteiger partial charge in [-0.1, -0.05) is 18.2 Å². The molecule has 1 aromatic carbocycles. The van der Waals surface area contributed by atoms with E-state index in [1.807, 2.05) is 6.92 Å². The van der Waals surface area contributed by atoms with Crippen molar-refractivity contribution in [3.63, 3.8) is 0 Å². The van der Waals surface area contributed by atoms with Gasteiger partial charge in [0.15, 0.2) is 0 Å². The maximum Gasteiger partial charge on any atom is 0.416 e. The first-order valence-corrected chi connectivity index (χ1v) is 5.48. The minimum atomic E-state index is -4.28. The molecule has 17 heavy (non-hydrogen) atoms. The number of hydrogen-bond acceptors (Lipinski definition) is 2. The van der Waals surface area contributed by atoms with Crippen molar-refractivity contribution in [2.75, 3.05) is 19.8 Å². The van der Waals surface area contributed by atoms with E-state index in [9.17, 15) is 13.2 Å². The van der Waals surface area contributed by atoms with Crippen LogP contribution in [0.3, 0.4) is 0 Å². The van der Waals surface area contributed by atoms with Crippen molar-refractivity contribution in [1.82, 2.24) is 5.32 Å². The summed E-state index contributed by atoms with van der Waals surface area (Å²) in [4.78, 5) is 0. The first-order valence-electron chi connectivity index (χ1n) is 5.48. The lowest BCUT2D eigenvalue weighted by molar-refractivity contribution is -0.137. The van der Waals surface area contributed by atoms with Gasteiger partial charge in [0.1, 0.15) is 0 Å². The highest BCUT2D eigenvalue weighted by molar-refractivity contribution is 5.25. The Labute approximate surface area is 98.8 Å². The summed E-state index contributed by atoms with van der Waals surface area (Å²) in [5, 5.41) is 3.02. The summed E-state index contributed by atoms with van der Waals surface area (Å²) in [5.74, 6) is 0. The van der Waals surface area contributed by atoms with Gasteiger partial charge < -0.3 is 10.1 Å². The average molecular weight is 247 g/mol. The van der Waals surface area contributed by atoms with Crippen LogP contribution in [0.1, 0.15) is 18.1 Å². The first kappa shape index (κ1) is 14.0. The minimum absolute atomic E-state index is 0.414. The monoisotopic (exact) mass is 247 g/mol. The zero-order chi connectivity index (χ0) is 12.7. The summed E-state index contributed by atoms with van der Waals surface area (Å²) in [6.45, 7) is 4.15. The van der Waals surface area contributed by atoms with Crippen LogP contribution < -0.4 is 5.32 Å². The molecule has 0 saturated carbocycles. The van der Waals surface area contributed by atoms with Crippen molar-refractivity contribution >= 4 is 0 Å². The fraction of sp³-hybridized carbons (Fsp3) is 0.500. The van der Waals surface area contributed by atoms with Gasteiger partial charge in [0, 0.05) is 19.7 Å². The molecule has 0 atom stereocenters. The second-order valence-corrected chi connectivity index (χ2v) is 3.57. The Morgan fingerprint density at radius 2 is 2.06 bits per heavy atom. The van der Waals surface area contributed by atoms with E-state index in [-0.39, 0.29) is 0 Å². The molecule has 0 aliphatic rings. The SMILES string of the molecule is CCOCCNCc1cccc(C(F)(F)F)c1. The van der Waals surface area contributed by atoms with Gasteiger partial charge in [0.05, 0.1) is 12.2 Å². The second-order valence-electron chi connectivity index (χ2n) is 3.57. The van der Waals surface area contributed by atoms with Crippen LogP contribution in [-0.2, 0) is 17.5 Å². The highest BCUT2D eigenvalue weighted by atomic mass is 19.4. The van der Waals surface area contributed by atoms with Crippen LogP contribution in [0.4, 0.5) is 13.2 Å². The van der Waals surface area contributed by atoms with Crippen molar-refractivity contribution in [1.29, 1.82) is 0 Å². The summed E-state index contributed by atoms with van der Waals surface area (Å²) in [7, 11) is 0. The Balaban J connectivity index is 2.44. The molecule has 0 unspecified atom stereocenters. The van der Waals surface area contributed by atoms with Gasteiger partial charge >= 0.3 is 6.18 Å². The number of rotatable bonds is 6. The van der Waals surface area contributed by atoms with Crippen LogP contribution in [0, 0.1) is 0 Å². The zero-order valence-electron chi connectivity index (χ0n) is 9.68. The maximum atomic E-state index is 12.4. The van der Waals surface area contributed by atoms with Crippen molar-refractivity contribution in [2.45, 2.75) is 19.6 Å². The molecule has 0 heterocycles. The minimum Gasteiger partial charge on any atom is -0.380 e. The highest BCUT2D eigenvalue weighted by Crippen LogP contribution is 2.29. The third-order valence-corrected chi connectivity index (χ3v) is 2.21. The molecule has 1 rings (SSSR count). The fourth-order valence-corrected chi connectivity index (χ4v) is 1.38. The predicted octanol–water partition coefficient (Wildman–Crippen LogP) is 2.83. The van der Waals surface area contributed by atoms with Gasteiger partial charge in [0.25, 0.3) is 0 Å². The molecule has 0 aliphatic carbocycles. The first-order chi connectivity index (χ1) is 8.04. The Morgan fingerprint density at radius 3 is 2.71 bits per heavy atom. The third-order valence-electron chi connectivity index (χ3n) is 2.21. The Morgan fingerprint density at radius 1 is 1.29 bits per heavy atom. The quantitative estimate of drug-likeness (QED) is 0.780. The van der Waals surface area contributed by atoms with E-state index in [4.69, 9.17) is 4.74 Å². The molecule has 0 amide bonds. The third kappa shape index (κ3) is 5.19. The molecular weight excluding hydrogens is 231 g/mol. The van der Waals surface area contributed by atoms with E-state index in [1.165, 1.54) is 6.07 Å². The molecular formula is C12H16F3NO. The van der Waals surface area contributed by atoms with Crippen LogP contribution in [0.2, 0.25) is 0 Å². The Kier molecular flexibility index (Phi) is 5.44. The summed E-state index contributed by atoms with van der Waals surface area (Å²) >= 11 is 0. The van der Waals surface area contributed by atoms with E-state index in [0.29, 0.717) is 31.9 Å². The lowest BCUT2D eigenvalue weighted by atomic mass is 10.1. The Hall–Kier alpha value is -1.07. The molecule has 0 bridgehead atoms. The molecule has 0 aromatic heterocycles. The van der Waals surface area contributed by atoms with Crippen LogP contribution in [0.25, 0.3) is 0 Å². The van der Waals surface area contributed by atoms with Crippen molar-refractivity contribution in [2.24, 2.45) is 0 Å². The molecule has 1 N–H and O–H groups in total. The number of nitrogens with one attached hydrogen (secondary N) is 1. The Bertz CT molecular complexity index is 339. The largest absolute Gasteiger partial charge is 0.416 e. The van der Waals surface area contributed by atoms with E-state index < -0.39 is 11.7 Å². The van der Waals surface area contributed by atoms with Crippen molar-refractivity contribution in [3.8, 4) is 0 Å². The lowest BCUT2D eigenvalue weighted by Crippen LogP contribution is -2.19. The van der Waals surface area contributed by atoms with E-state index >= 15 is 0 Å². The molecule has 5 heteroatoms. The van der Waals surface area contributed by atoms with Gasteiger partial charge in [-0.2, -0.15) is 13.2 Å². The summed E-state index contributed by atoms with van der Waals surface area (Å²) in [5.41, 5.74) is 0.0120. The van der Waals surface area contributed by atoms with Crippen LogP contribution in [-0.4, -0.2) is 19.8 Å². The number of alkyl halides is 3. The number of hydrogen-bond donors (Lipinski definition) is 1. The topological polar surface area (TPSA) is 21.3 Å². The van der Waals surface area contributed by atoms with E-state index in [2.05, 4.69) is 5.32 Å². The summed E-state index contributed by atoms with van der Waals surface area (Å²) < 4.78 is 42.4. The standard InChI is InChI=1S/C12H16F3NO/c1-2-17-7-6-16-9-10-4-3-5-11(8-10)12(13,14)15/h3-5,8,16H,2,6-7,9H2,1H3. The molecule has 0 saturated heterocycles. The van der Waals surface area contributed by atoms with Crippen LogP contribution in [0.5, 0.6) is 0 Å². The smallest absolute Gasteiger partial charge is 0.380 e. The molecule has 96 valence electrons. The van der Waals surface area contributed by atoms with Gasteiger partial charge in [-0.3, -0.25) is 0 Å². The van der Waals surface area contributed by atoms with E-state index in [1.54, 1.807) is 6.07 Å². The molecule has 1 aromatic rings. The maximum absolute atomic E-state index is 12.4. The van der Waals surface area contributed by atoms with Gasteiger partial charge in [-0.05, 0) is 18.6 Å². The number of halogens is 3. The molecule has 0 spiro atoms. The molecule has 0 fully saturated rings. The van der Waals surface area contributed by atoms with Gasteiger partial charge in [-0.15, -0.1) is 0 Å². The van der Waals surface area contributed by atoms with Crippen LogP contribution >= 0.6 is 0 Å². The number of ether oxygens (including phenoxy) is 1. The zero-order valence-corrected chi connectivity index (χ0v) is 9.68. The van der Waals surface area contributed by atoms with Gasteiger partial charge in [-0.25, -0.2) is 0 Å². The summed E-state index contributed by atoms with van der Waals surface area (Å²) in [6, 6.07) is 5.32. The fourth-order valence-electron chi connectivity index (χ4n) is 1.38. The molecule has 2 nitrogen and oxygen atoms in total. The lowest BCUT2D eigenvalue weighted by Gasteiger charge is -2.09. The van der Waals surface area contributed by atoms with Crippen molar-refractivity contribution in [3.05, 3.63) is 35.4 Å². The second kappa shape index (κ2) is 6.61. The van der Waals surface area contributed by atoms with Crippen molar-refractivity contribution < 1.29 is 17.9 Å². The highest BCUT2D eigenvalue weighted by Gasteiger charge is 2.30. The van der Waals surface area contributed by atoms with E-state index in [0.717, 1.165) is 12.1 Å². The normalized spacial score (nSPS) is 11.8. The predicted molar refractivity (Wildman–Crippen MR) is 59.6 cm³/mol. The van der Waals surface area contributed by atoms with Crippen LogP contribution in [0.15, 0.2) is 24.3 Å². The molecule has 0 aliphatic heterocycles. The average Bonchev–Trinajstić information content (AvgIpc) is 2.28. The number of benzene rings is 1.